The van der Waals surface area contributed by atoms with Gasteiger partial charge in [-0.2, -0.15) is 13.2 Å². The van der Waals surface area contributed by atoms with Gasteiger partial charge in [-0.1, -0.05) is 0 Å². The zero-order valence-corrected chi connectivity index (χ0v) is 8.43. The van der Waals surface area contributed by atoms with E-state index >= 15 is 0 Å². The van der Waals surface area contributed by atoms with Crippen LogP contribution in [0.3, 0.4) is 0 Å². The van der Waals surface area contributed by atoms with Crippen LogP contribution in [0, 0.1) is 6.92 Å². The van der Waals surface area contributed by atoms with Gasteiger partial charge in [0.1, 0.15) is 6.54 Å². The van der Waals surface area contributed by atoms with Gasteiger partial charge in [0.2, 0.25) is 0 Å². The number of rotatable bonds is 2. The normalized spacial score (nSPS) is 11.0. The van der Waals surface area contributed by atoms with Crippen LogP contribution < -0.4 is 10.6 Å². The van der Waals surface area contributed by atoms with Crippen molar-refractivity contribution in [2.45, 2.75) is 13.1 Å². The van der Waals surface area contributed by atoms with Gasteiger partial charge in [-0.25, -0.2) is 4.79 Å². The van der Waals surface area contributed by atoms with E-state index in [-0.39, 0.29) is 0 Å². The highest BCUT2D eigenvalue weighted by Crippen LogP contribution is 2.13. The predicted molar refractivity (Wildman–Crippen MR) is 52.1 cm³/mol. The summed E-state index contributed by atoms with van der Waals surface area (Å²) < 4.78 is 35.3. The Hall–Kier alpha value is -1.79. The average molecular weight is 233 g/mol. The standard InChI is InChI=1S/C9H10F3N3O/c1-6-4-13-3-2-7(6)15-8(16)14-5-9(10,11)12/h2-4H,5H2,1H3,(H2,13,14,15,16). The number of nitrogens with zero attached hydrogens (tertiary/aromatic N) is 1. The molecule has 0 saturated heterocycles. The van der Waals surface area contributed by atoms with Gasteiger partial charge >= 0.3 is 12.2 Å². The van der Waals surface area contributed by atoms with Crippen LogP contribution in [0.1, 0.15) is 5.56 Å². The average Bonchev–Trinajstić information content (AvgIpc) is 2.18. The Labute approximate surface area is 89.9 Å². The molecule has 0 atom stereocenters. The molecule has 2 N–H and O–H groups in total. The summed E-state index contributed by atoms with van der Waals surface area (Å²) in [6.07, 6.45) is -1.48. The number of anilines is 1. The number of carbonyl (C=O) groups excluding carboxylic acids is 1. The summed E-state index contributed by atoms with van der Waals surface area (Å²) in [6.45, 7) is 0.329. The van der Waals surface area contributed by atoms with Crippen molar-refractivity contribution >= 4 is 11.7 Å². The minimum Gasteiger partial charge on any atom is -0.329 e. The van der Waals surface area contributed by atoms with Crippen molar-refractivity contribution in [3.05, 3.63) is 24.0 Å². The Kier molecular flexibility index (Phi) is 3.70. The molecular formula is C9H10F3N3O. The molecule has 88 valence electrons. The van der Waals surface area contributed by atoms with Crippen molar-refractivity contribution in [3.8, 4) is 0 Å². The Morgan fingerprint density at radius 3 is 2.75 bits per heavy atom. The van der Waals surface area contributed by atoms with Crippen LogP contribution in [0.5, 0.6) is 0 Å². The molecule has 1 aromatic heterocycles. The molecule has 7 heteroatoms. The number of aromatic nitrogens is 1. The monoisotopic (exact) mass is 233 g/mol. The fourth-order valence-electron chi connectivity index (χ4n) is 0.961. The lowest BCUT2D eigenvalue weighted by molar-refractivity contribution is -0.122. The summed E-state index contributed by atoms with van der Waals surface area (Å²) in [5.41, 5.74) is 1.10. The van der Waals surface area contributed by atoms with E-state index in [1.807, 2.05) is 0 Å². The molecular weight excluding hydrogens is 223 g/mol. The molecule has 4 nitrogen and oxygen atoms in total. The number of hydrogen-bond acceptors (Lipinski definition) is 2. The molecule has 0 aliphatic carbocycles. The van der Waals surface area contributed by atoms with E-state index in [1.165, 1.54) is 18.5 Å². The first-order valence-corrected chi connectivity index (χ1v) is 4.41. The number of hydrogen-bond donors (Lipinski definition) is 2. The SMILES string of the molecule is Cc1cnccc1NC(=O)NCC(F)(F)F. The van der Waals surface area contributed by atoms with Crippen molar-refractivity contribution in [2.75, 3.05) is 11.9 Å². The molecule has 0 aliphatic heterocycles. The second-order valence-corrected chi connectivity index (χ2v) is 3.11. The smallest absolute Gasteiger partial charge is 0.329 e. The molecule has 0 aromatic carbocycles. The van der Waals surface area contributed by atoms with Gasteiger partial charge in [0.05, 0.1) is 0 Å². The number of nitrogens with one attached hydrogen (secondary N) is 2. The van der Waals surface area contributed by atoms with E-state index in [0.29, 0.717) is 11.3 Å². The number of pyridine rings is 1. The topological polar surface area (TPSA) is 54.0 Å². The molecule has 0 fully saturated rings. The zero-order valence-electron chi connectivity index (χ0n) is 8.43. The molecule has 2 amide bonds. The first-order chi connectivity index (χ1) is 7.38. The highest BCUT2D eigenvalue weighted by Gasteiger charge is 2.27. The minimum atomic E-state index is -4.41. The second kappa shape index (κ2) is 4.82. The highest BCUT2D eigenvalue weighted by atomic mass is 19.4. The lowest BCUT2D eigenvalue weighted by atomic mass is 10.2. The third-order valence-electron chi connectivity index (χ3n) is 1.72. The van der Waals surface area contributed by atoms with Crippen LogP contribution in [-0.2, 0) is 0 Å². The Bertz CT molecular complexity index is 379. The molecule has 0 radical (unpaired) electrons. The largest absolute Gasteiger partial charge is 0.405 e. The van der Waals surface area contributed by atoms with E-state index < -0.39 is 18.8 Å². The predicted octanol–water partition coefficient (Wildman–Crippen LogP) is 2.07. The van der Waals surface area contributed by atoms with E-state index in [9.17, 15) is 18.0 Å². The van der Waals surface area contributed by atoms with Crippen molar-refractivity contribution in [1.29, 1.82) is 0 Å². The molecule has 1 rings (SSSR count). The number of urea groups is 1. The quantitative estimate of drug-likeness (QED) is 0.821. The number of amides is 2. The van der Waals surface area contributed by atoms with Crippen LogP contribution in [-0.4, -0.2) is 23.7 Å². The maximum atomic E-state index is 11.8. The van der Waals surface area contributed by atoms with Crippen LogP contribution >= 0.6 is 0 Å². The Morgan fingerprint density at radius 2 is 2.19 bits per heavy atom. The molecule has 1 aromatic rings. The number of aryl methyl sites for hydroxylation is 1. The van der Waals surface area contributed by atoms with Gasteiger partial charge in [-0.15, -0.1) is 0 Å². The lowest BCUT2D eigenvalue weighted by Crippen LogP contribution is -2.36. The maximum absolute atomic E-state index is 11.8. The summed E-state index contributed by atoms with van der Waals surface area (Å²) in [6, 6.07) is 0.606. The van der Waals surface area contributed by atoms with Crippen molar-refractivity contribution in [1.82, 2.24) is 10.3 Å². The van der Waals surface area contributed by atoms with Crippen molar-refractivity contribution in [3.63, 3.8) is 0 Å². The molecule has 1 heterocycles. The van der Waals surface area contributed by atoms with Crippen LogP contribution in [0.15, 0.2) is 18.5 Å². The first kappa shape index (κ1) is 12.3. The number of alkyl halides is 3. The van der Waals surface area contributed by atoms with Crippen molar-refractivity contribution < 1.29 is 18.0 Å². The number of carbonyl (C=O) groups is 1. The zero-order chi connectivity index (χ0) is 12.2. The second-order valence-electron chi connectivity index (χ2n) is 3.11. The van der Waals surface area contributed by atoms with E-state index in [1.54, 1.807) is 12.2 Å². The summed E-state index contributed by atoms with van der Waals surface area (Å²) in [5, 5.41) is 4.00. The molecule has 0 bridgehead atoms. The molecule has 0 unspecified atom stereocenters. The lowest BCUT2D eigenvalue weighted by Gasteiger charge is -2.10. The minimum absolute atomic E-state index is 0.426. The molecule has 0 aliphatic rings. The third-order valence-corrected chi connectivity index (χ3v) is 1.72. The van der Waals surface area contributed by atoms with E-state index in [2.05, 4.69) is 10.3 Å². The van der Waals surface area contributed by atoms with Crippen LogP contribution in [0.2, 0.25) is 0 Å². The van der Waals surface area contributed by atoms with Crippen LogP contribution in [0.25, 0.3) is 0 Å². The third kappa shape index (κ3) is 4.16. The number of halogens is 3. The molecule has 0 spiro atoms. The van der Waals surface area contributed by atoms with E-state index in [0.717, 1.165) is 0 Å². The van der Waals surface area contributed by atoms with Gasteiger partial charge in [-0.3, -0.25) is 4.98 Å². The van der Waals surface area contributed by atoms with Gasteiger partial charge in [0.25, 0.3) is 0 Å². The van der Waals surface area contributed by atoms with Gasteiger partial charge in [0.15, 0.2) is 0 Å². The van der Waals surface area contributed by atoms with Crippen molar-refractivity contribution in [2.24, 2.45) is 0 Å². The Balaban J connectivity index is 2.50. The summed E-state index contributed by atoms with van der Waals surface area (Å²) in [5.74, 6) is 0. The fourth-order valence-corrected chi connectivity index (χ4v) is 0.961. The summed E-state index contributed by atoms with van der Waals surface area (Å²) in [4.78, 5) is 14.9. The summed E-state index contributed by atoms with van der Waals surface area (Å²) in [7, 11) is 0. The first-order valence-electron chi connectivity index (χ1n) is 4.41. The maximum Gasteiger partial charge on any atom is 0.405 e. The van der Waals surface area contributed by atoms with Gasteiger partial charge in [0, 0.05) is 18.1 Å². The summed E-state index contributed by atoms with van der Waals surface area (Å²) >= 11 is 0. The highest BCUT2D eigenvalue weighted by molar-refractivity contribution is 5.89. The fraction of sp³-hybridized carbons (Fsp3) is 0.333. The van der Waals surface area contributed by atoms with Gasteiger partial charge in [-0.05, 0) is 18.6 Å². The Morgan fingerprint density at radius 1 is 1.50 bits per heavy atom. The molecule has 0 saturated carbocycles. The molecule has 16 heavy (non-hydrogen) atoms. The van der Waals surface area contributed by atoms with E-state index in [4.69, 9.17) is 0 Å². The van der Waals surface area contributed by atoms with Crippen LogP contribution in [0.4, 0.5) is 23.7 Å². The van der Waals surface area contributed by atoms with Gasteiger partial charge < -0.3 is 10.6 Å².